The third kappa shape index (κ3) is 8.86. The lowest BCUT2D eigenvalue weighted by Crippen LogP contribution is -2.30. The van der Waals surface area contributed by atoms with Gasteiger partial charge in [0.15, 0.2) is 0 Å². The maximum Gasteiger partial charge on any atom is 0.145 e. The SMILES string of the molecule is CCC1CCN(C)CC1.CN1CCC(CCOCC=O)CC1. The van der Waals surface area contributed by atoms with E-state index in [1.54, 1.807) is 0 Å². The monoisotopic (exact) mass is 312 g/mol. The Balaban J connectivity index is 0.000000235. The molecule has 0 aromatic carbocycles. The Morgan fingerprint density at radius 3 is 1.91 bits per heavy atom. The molecule has 2 aliphatic rings. The van der Waals surface area contributed by atoms with Crippen molar-refractivity contribution in [2.24, 2.45) is 11.8 Å². The third-order valence-corrected chi connectivity index (χ3v) is 5.11. The molecule has 0 unspecified atom stereocenters. The van der Waals surface area contributed by atoms with Crippen LogP contribution in [0, 0.1) is 11.8 Å². The van der Waals surface area contributed by atoms with Gasteiger partial charge in [-0.15, -0.1) is 0 Å². The lowest BCUT2D eigenvalue weighted by molar-refractivity contribution is -0.112. The standard InChI is InChI=1S/C10H19NO2.C8H17N/c1-11-5-2-10(3-6-11)4-8-13-9-7-12;1-3-8-4-6-9(2)7-5-8/h7,10H,2-6,8-9H2,1H3;8H,3-7H2,1-2H3. The summed E-state index contributed by atoms with van der Waals surface area (Å²) < 4.78 is 5.13. The first kappa shape index (κ1) is 19.6. The largest absolute Gasteiger partial charge is 0.374 e. The highest BCUT2D eigenvalue weighted by molar-refractivity contribution is 5.50. The highest BCUT2D eigenvalue weighted by atomic mass is 16.5. The van der Waals surface area contributed by atoms with Crippen molar-refractivity contribution in [1.82, 2.24) is 9.80 Å². The maximum atomic E-state index is 9.97. The second-order valence-corrected chi connectivity index (χ2v) is 6.93. The molecule has 0 radical (unpaired) electrons. The molecule has 0 spiro atoms. The molecule has 2 heterocycles. The van der Waals surface area contributed by atoms with Crippen molar-refractivity contribution in [2.75, 3.05) is 53.5 Å². The number of likely N-dealkylation sites (tertiary alicyclic amines) is 2. The third-order valence-electron chi connectivity index (χ3n) is 5.11. The van der Waals surface area contributed by atoms with Crippen molar-refractivity contribution in [3.63, 3.8) is 0 Å². The van der Waals surface area contributed by atoms with E-state index in [0.29, 0.717) is 0 Å². The zero-order valence-corrected chi connectivity index (χ0v) is 14.9. The van der Waals surface area contributed by atoms with Gasteiger partial charge in [0, 0.05) is 6.61 Å². The quantitative estimate of drug-likeness (QED) is 0.558. The molecular weight excluding hydrogens is 276 g/mol. The predicted octanol–water partition coefficient (Wildman–Crippen LogP) is 2.67. The molecule has 2 aliphatic heterocycles. The fraction of sp³-hybridized carbons (Fsp3) is 0.944. The molecule has 2 fully saturated rings. The van der Waals surface area contributed by atoms with E-state index >= 15 is 0 Å². The minimum absolute atomic E-state index is 0.257. The molecule has 0 saturated carbocycles. The molecule has 0 aliphatic carbocycles. The fourth-order valence-corrected chi connectivity index (χ4v) is 3.20. The van der Waals surface area contributed by atoms with Crippen molar-refractivity contribution in [3.05, 3.63) is 0 Å². The number of hydrogen-bond acceptors (Lipinski definition) is 4. The van der Waals surface area contributed by atoms with E-state index in [-0.39, 0.29) is 6.61 Å². The second-order valence-electron chi connectivity index (χ2n) is 6.93. The first-order chi connectivity index (χ1) is 10.7. The Kier molecular flexibility index (Phi) is 10.7. The van der Waals surface area contributed by atoms with E-state index in [1.165, 1.54) is 58.3 Å². The van der Waals surface area contributed by atoms with E-state index in [9.17, 15) is 4.79 Å². The van der Waals surface area contributed by atoms with Gasteiger partial charge in [0.1, 0.15) is 12.9 Å². The zero-order chi connectivity index (χ0) is 16.2. The van der Waals surface area contributed by atoms with E-state index in [4.69, 9.17) is 4.74 Å². The Morgan fingerprint density at radius 2 is 1.45 bits per heavy atom. The Hall–Kier alpha value is -0.450. The van der Waals surface area contributed by atoms with Gasteiger partial charge < -0.3 is 19.3 Å². The Labute approximate surface area is 137 Å². The smallest absolute Gasteiger partial charge is 0.145 e. The van der Waals surface area contributed by atoms with Crippen molar-refractivity contribution in [1.29, 1.82) is 0 Å². The molecule has 0 aromatic heterocycles. The molecule has 130 valence electrons. The van der Waals surface area contributed by atoms with Crippen LogP contribution in [0.4, 0.5) is 0 Å². The summed E-state index contributed by atoms with van der Waals surface area (Å²) in [5.74, 6) is 1.84. The summed E-state index contributed by atoms with van der Waals surface area (Å²) in [7, 11) is 4.38. The number of rotatable bonds is 6. The van der Waals surface area contributed by atoms with Crippen LogP contribution in [0.5, 0.6) is 0 Å². The first-order valence-corrected chi connectivity index (χ1v) is 9.04. The number of piperidine rings is 2. The highest BCUT2D eigenvalue weighted by Gasteiger charge is 2.16. The predicted molar refractivity (Wildman–Crippen MR) is 92.2 cm³/mol. The zero-order valence-electron chi connectivity index (χ0n) is 14.9. The second kappa shape index (κ2) is 12.0. The molecule has 0 atom stereocenters. The van der Waals surface area contributed by atoms with Crippen molar-refractivity contribution < 1.29 is 9.53 Å². The van der Waals surface area contributed by atoms with Crippen LogP contribution in [0.15, 0.2) is 0 Å². The normalized spacial score (nSPS) is 22.1. The summed E-state index contributed by atoms with van der Waals surface area (Å²) >= 11 is 0. The van der Waals surface area contributed by atoms with Gasteiger partial charge in [0.2, 0.25) is 0 Å². The van der Waals surface area contributed by atoms with E-state index in [1.807, 2.05) is 0 Å². The first-order valence-electron chi connectivity index (χ1n) is 9.04. The molecule has 22 heavy (non-hydrogen) atoms. The lowest BCUT2D eigenvalue weighted by Gasteiger charge is -2.28. The number of carbonyl (C=O) groups is 1. The summed E-state index contributed by atoms with van der Waals surface area (Å²) in [6.07, 6.45) is 8.71. The lowest BCUT2D eigenvalue weighted by atomic mass is 9.94. The average Bonchev–Trinajstić information content (AvgIpc) is 2.55. The summed E-state index contributed by atoms with van der Waals surface area (Å²) in [4.78, 5) is 14.8. The number of aldehydes is 1. The highest BCUT2D eigenvalue weighted by Crippen LogP contribution is 2.19. The minimum Gasteiger partial charge on any atom is -0.374 e. The summed E-state index contributed by atoms with van der Waals surface area (Å²) in [5.41, 5.74) is 0. The van der Waals surface area contributed by atoms with Gasteiger partial charge in [-0.25, -0.2) is 0 Å². The van der Waals surface area contributed by atoms with E-state index in [2.05, 4.69) is 30.8 Å². The van der Waals surface area contributed by atoms with Gasteiger partial charge in [-0.1, -0.05) is 13.3 Å². The van der Waals surface area contributed by atoms with Gasteiger partial charge in [-0.05, 0) is 84.2 Å². The molecule has 4 nitrogen and oxygen atoms in total. The van der Waals surface area contributed by atoms with Crippen molar-refractivity contribution >= 4 is 6.29 Å². The Bertz CT molecular complexity index is 270. The molecule has 4 heteroatoms. The molecule has 2 saturated heterocycles. The van der Waals surface area contributed by atoms with Crippen LogP contribution < -0.4 is 0 Å². The fourth-order valence-electron chi connectivity index (χ4n) is 3.20. The van der Waals surface area contributed by atoms with E-state index < -0.39 is 0 Å². The van der Waals surface area contributed by atoms with Crippen molar-refractivity contribution in [2.45, 2.75) is 45.4 Å². The molecule has 0 amide bonds. The topological polar surface area (TPSA) is 32.8 Å². The van der Waals surface area contributed by atoms with Crippen LogP contribution in [0.2, 0.25) is 0 Å². The Morgan fingerprint density at radius 1 is 0.955 bits per heavy atom. The van der Waals surface area contributed by atoms with Crippen LogP contribution in [0.25, 0.3) is 0 Å². The van der Waals surface area contributed by atoms with Gasteiger partial charge in [0.25, 0.3) is 0 Å². The van der Waals surface area contributed by atoms with Crippen LogP contribution in [0.3, 0.4) is 0 Å². The van der Waals surface area contributed by atoms with Crippen LogP contribution >= 0.6 is 0 Å². The van der Waals surface area contributed by atoms with E-state index in [0.717, 1.165) is 31.1 Å². The van der Waals surface area contributed by atoms with Gasteiger partial charge >= 0.3 is 0 Å². The van der Waals surface area contributed by atoms with Gasteiger partial charge in [0.05, 0.1) is 0 Å². The summed E-state index contributed by atoms with van der Waals surface area (Å²) in [6, 6.07) is 0. The minimum atomic E-state index is 0.257. The molecule has 0 bridgehead atoms. The van der Waals surface area contributed by atoms with Gasteiger partial charge in [-0.3, -0.25) is 0 Å². The number of carbonyl (C=O) groups excluding carboxylic acids is 1. The molecular formula is C18H36N2O2. The number of ether oxygens (including phenoxy) is 1. The summed E-state index contributed by atoms with van der Waals surface area (Å²) in [5, 5.41) is 0. The van der Waals surface area contributed by atoms with Gasteiger partial charge in [-0.2, -0.15) is 0 Å². The van der Waals surface area contributed by atoms with Crippen LogP contribution in [-0.2, 0) is 9.53 Å². The van der Waals surface area contributed by atoms with Crippen molar-refractivity contribution in [3.8, 4) is 0 Å². The maximum absolute atomic E-state index is 9.97. The molecule has 0 N–H and O–H groups in total. The molecule has 0 aromatic rings. The number of hydrogen-bond donors (Lipinski definition) is 0. The number of nitrogens with zero attached hydrogens (tertiary/aromatic N) is 2. The van der Waals surface area contributed by atoms with Crippen LogP contribution in [-0.4, -0.2) is 69.6 Å². The molecule has 2 rings (SSSR count). The van der Waals surface area contributed by atoms with Crippen LogP contribution in [0.1, 0.15) is 45.4 Å². The summed E-state index contributed by atoms with van der Waals surface area (Å²) in [6.45, 7) is 8.35. The average molecular weight is 312 g/mol.